The van der Waals surface area contributed by atoms with Crippen molar-refractivity contribution in [1.29, 1.82) is 0 Å². The summed E-state index contributed by atoms with van der Waals surface area (Å²) in [5.74, 6) is 0. The van der Waals surface area contributed by atoms with Crippen molar-refractivity contribution in [3.63, 3.8) is 0 Å². The fourth-order valence-corrected chi connectivity index (χ4v) is 0.629. The molecule has 0 aromatic heterocycles. The Hall–Kier alpha value is -0.220. The lowest BCUT2D eigenvalue weighted by molar-refractivity contribution is -0.225. The van der Waals surface area contributed by atoms with Gasteiger partial charge in [0.1, 0.15) is 0 Å². The van der Waals surface area contributed by atoms with Gasteiger partial charge in [0.05, 0.1) is 12.7 Å². The fraction of sp³-hybridized carbons (Fsp3) is 1.00. The van der Waals surface area contributed by atoms with Gasteiger partial charge in [-0.1, -0.05) is 0 Å². The Bertz CT molecular complexity index is 110. The van der Waals surface area contributed by atoms with Crippen molar-refractivity contribution >= 4 is 0 Å². The highest BCUT2D eigenvalue weighted by atomic mass is 19.3. The molecule has 0 aliphatic carbocycles. The highest BCUT2D eigenvalue weighted by molar-refractivity contribution is 4.42. The zero-order valence-corrected chi connectivity index (χ0v) is 7.77. The molecule has 0 N–H and O–H groups in total. The van der Waals surface area contributed by atoms with Crippen molar-refractivity contribution in [2.24, 2.45) is 0 Å². The molecule has 0 radical (unpaired) electrons. The van der Waals surface area contributed by atoms with E-state index in [1.54, 1.807) is 0 Å². The van der Waals surface area contributed by atoms with E-state index in [4.69, 9.17) is 4.74 Å². The Morgan fingerprint density at radius 3 is 2.25 bits per heavy atom. The number of ether oxygens (including phenoxy) is 2. The van der Waals surface area contributed by atoms with Crippen LogP contribution in [0.1, 0.15) is 27.2 Å². The van der Waals surface area contributed by atoms with E-state index in [2.05, 4.69) is 4.74 Å². The molecule has 0 aromatic rings. The van der Waals surface area contributed by atoms with Crippen molar-refractivity contribution < 1.29 is 18.3 Å². The maximum absolute atomic E-state index is 12.0. The van der Waals surface area contributed by atoms with Crippen LogP contribution in [0.15, 0.2) is 0 Å². The van der Waals surface area contributed by atoms with E-state index in [1.807, 2.05) is 13.8 Å². The van der Waals surface area contributed by atoms with E-state index >= 15 is 0 Å². The molecule has 0 unspecified atom stereocenters. The molecule has 2 nitrogen and oxygen atoms in total. The Kier molecular flexibility index (Phi) is 5.33. The number of rotatable bonds is 6. The topological polar surface area (TPSA) is 18.5 Å². The first kappa shape index (κ1) is 11.8. The molecule has 0 aromatic carbocycles. The number of alkyl halides is 2. The van der Waals surface area contributed by atoms with Gasteiger partial charge in [-0.05, 0) is 20.3 Å². The van der Waals surface area contributed by atoms with Crippen LogP contribution in [0, 0.1) is 0 Å². The molecule has 12 heavy (non-hydrogen) atoms. The first-order valence-electron chi connectivity index (χ1n) is 4.05. The third-order valence-corrected chi connectivity index (χ3v) is 1.10. The predicted octanol–water partition coefficient (Wildman–Crippen LogP) is 2.43. The van der Waals surface area contributed by atoms with Crippen molar-refractivity contribution in [3.05, 3.63) is 0 Å². The summed E-state index contributed by atoms with van der Waals surface area (Å²) in [5, 5.41) is 0. The van der Waals surface area contributed by atoms with Gasteiger partial charge in [-0.3, -0.25) is 0 Å². The second-order valence-electron chi connectivity index (χ2n) is 2.93. The Labute approximate surface area is 71.9 Å². The molecule has 74 valence electrons. The summed E-state index contributed by atoms with van der Waals surface area (Å²) in [4.78, 5) is 0. The van der Waals surface area contributed by atoms with E-state index in [1.165, 1.54) is 0 Å². The quantitative estimate of drug-likeness (QED) is 0.587. The van der Waals surface area contributed by atoms with Gasteiger partial charge in [0, 0.05) is 13.5 Å². The summed E-state index contributed by atoms with van der Waals surface area (Å²) in [5.41, 5.74) is 0. The number of halogens is 2. The lowest BCUT2D eigenvalue weighted by atomic mass is 10.4. The SMILES string of the molecule is CC(C)OCCCOC(C)(F)F. The average molecular weight is 182 g/mol. The van der Waals surface area contributed by atoms with Crippen LogP contribution in [0.4, 0.5) is 8.78 Å². The van der Waals surface area contributed by atoms with Crippen LogP contribution in [0.25, 0.3) is 0 Å². The van der Waals surface area contributed by atoms with E-state index in [0.29, 0.717) is 13.0 Å². The van der Waals surface area contributed by atoms with E-state index in [-0.39, 0.29) is 12.7 Å². The summed E-state index contributed by atoms with van der Waals surface area (Å²) in [7, 11) is 0. The molecule has 4 heteroatoms. The van der Waals surface area contributed by atoms with Gasteiger partial charge in [-0.25, -0.2) is 0 Å². The molecule has 0 bridgehead atoms. The van der Waals surface area contributed by atoms with E-state index < -0.39 is 6.11 Å². The van der Waals surface area contributed by atoms with Crippen molar-refractivity contribution in [1.82, 2.24) is 0 Å². The van der Waals surface area contributed by atoms with Crippen molar-refractivity contribution in [2.75, 3.05) is 13.2 Å². The molecule has 0 aliphatic rings. The molecule has 0 saturated heterocycles. The van der Waals surface area contributed by atoms with Gasteiger partial charge in [0.2, 0.25) is 0 Å². The molecule has 0 atom stereocenters. The minimum absolute atomic E-state index is 0.0379. The monoisotopic (exact) mass is 182 g/mol. The third-order valence-electron chi connectivity index (χ3n) is 1.10. The molecular weight excluding hydrogens is 166 g/mol. The lowest BCUT2D eigenvalue weighted by Gasteiger charge is -2.11. The molecule has 0 aliphatic heterocycles. The van der Waals surface area contributed by atoms with E-state index in [0.717, 1.165) is 6.92 Å². The summed E-state index contributed by atoms with van der Waals surface area (Å²) in [6.07, 6.45) is -2.37. The molecule has 0 rings (SSSR count). The zero-order chi connectivity index (χ0) is 9.61. The fourth-order valence-electron chi connectivity index (χ4n) is 0.629. The van der Waals surface area contributed by atoms with Crippen LogP contribution in [-0.4, -0.2) is 25.4 Å². The van der Waals surface area contributed by atoms with Gasteiger partial charge in [0.25, 0.3) is 0 Å². The minimum Gasteiger partial charge on any atom is -0.379 e. The first-order valence-corrected chi connectivity index (χ1v) is 4.05. The highest BCUT2D eigenvalue weighted by Crippen LogP contribution is 2.12. The Morgan fingerprint density at radius 2 is 1.83 bits per heavy atom. The molecule has 0 spiro atoms. The lowest BCUT2D eigenvalue weighted by Crippen LogP contribution is -2.17. The van der Waals surface area contributed by atoms with Gasteiger partial charge in [-0.2, -0.15) is 8.78 Å². The minimum atomic E-state index is -3.02. The smallest absolute Gasteiger partial charge is 0.352 e. The largest absolute Gasteiger partial charge is 0.379 e. The normalized spacial score (nSPS) is 12.5. The van der Waals surface area contributed by atoms with Crippen LogP contribution in [0.2, 0.25) is 0 Å². The van der Waals surface area contributed by atoms with Crippen molar-refractivity contribution in [2.45, 2.75) is 39.4 Å². The van der Waals surface area contributed by atoms with Crippen LogP contribution >= 0.6 is 0 Å². The summed E-state index contributed by atoms with van der Waals surface area (Å²) in [6.45, 7) is 5.03. The molecule has 0 heterocycles. The average Bonchev–Trinajstić information content (AvgIpc) is 1.83. The molecule has 0 amide bonds. The third kappa shape index (κ3) is 9.78. The van der Waals surface area contributed by atoms with Gasteiger partial charge in [-0.15, -0.1) is 0 Å². The van der Waals surface area contributed by atoms with Crippen molar-refractivity contribution in [3.8, 4) is 0 Å². The molecule has 0 fully saturated rings. The summed E-state index contributed by atoms with van der Waals surface area (Å²) < 4.78 is 33.4. The predicted molar refractivity (Wildman–Crippen MR) is 42.3 cm³/mol. The maximum Gasteiger partial charge on any atom is 0.352 e. The van der Waals surface area contributed by atoms with Crippen LogP contribution in [0.3, 0.4) is 0 Å². The highest BCUT2D eigenvalue weighted by Gasteiger charge is 2.20. The second-order valence-corrected chi connectivity index (χ2v) is 2.93. The Morgan fingerprint density at radius 1 is 1.25 bits per heavy atom. The standard InChI is InChI=1S/C8H16F2O2/c1-7(2)11-5-4-6-12-8(3,9)10/h7H,4-6H2,1-3H3. The molecule has 0 saturated carbocycles. The van der Waals surface area contributed by atoms with Crippen LogP contribution < -0.4 is 0 Å². The first-order chi connectivity index (χ1) is 5.42. The number of hydrogen-bond acceptors (Lipinski definition) is 2. The summed E-state index contributed by atoms with van der Waals surface area (Å²) >= 11 is 0. The van der Waals surface area contributed by atoms with Gasteiger partial charge in [0.15, 0.2) is 0 Å². The molecular formula is C8H16F2O2. The Balaban J connectivity index is 3.12. The number of hydrogen-bond donors (Lipinski definition) is 0. The van der Waals surface area contributed by atoms with Gasteiger partial charge >= 0.3 is 6.11 Å². The maximum atomic E-state index is 12.0. The summed E-state index contributed by atoms with van der Waals surface area (Å²) in [6, 6.07) is 0. The van der Waals surface area contributed by atoms with Crippen LogP contribution in [0.5, 0.6) is 0 Å². The second kappa shape index (κ2) is 5.43. The van der Waals surface area contributed by atoms with E-state index in [9.17, 15) is 8.78 Å². The van der Waals surface area contributed by atoms with Crippen LogP contribution in [-0.2, 0) is 9.47 Å². The zero-order valence-electron chi connectivity index (χ0n) is 7.77. The van der Waals surface area contributed by atoms with Gasteiger partial charge < -0.3 is 9.47 Å².